The molecule has 0 N–H and O–H groups in total. The predicted molar refractivity (Wildman–Crippen MR) is 48.3 cm³/mol. The minimum Gasteiger partial charge on any atom is -0.465 e. The standard InChI is InChI=1S/C7H6INO2/c1-11-7(10)5-2-6(8)4-9-3-5/h2-4H,1H3. The fraction of sp³-hybridized carbons (Fsp3) is 0.143. The molecule has 4 heteroatoms. The van der Waals surface area contributed by atoms with Gasteiger partial charge in [0.1, 0.15) is 0 Å². The number of nitrogens with zero attached hydrogens (tertiary/aromatic N) is 1. The Morgan fingerprint density at radius 1 is 1.64 bits per heavy atom. The summed E-state index contributed by atoms with van der Waals surface area (Å²) in [5.74, 6) is -0.351. The van der Waals surface area contributed by atoms with Gasteiger partial charge in [0.25, 0.3) is 0 Å². The quantitative estimate of drug-likeness (QED) is 0.569. The molecule has 0 aromatic carbocycles. The first-order valence-electron chi connectivity index (χ1n) is 2.93. The van der Waals surface area contributed by atoms with E-state index in [-0.39, 0.29) is 5.97 Å². The SMILES string of the molecule is COC(=O)c1cncc(I)c1. The maximum absolute atomic E-state index is 10.9. The van der Waals surface area contributed by atoms with Crippen molar-refractivity contribution in [1.29, 1.82) is 0 Å². The second-order valence-electron chi connectivity index (χ2n) is 1.88. The molecule has 0 aliphatic heterocycles. The lowest BCUT2D eigenvalue weighted by molar-refractivity contribution is 0.0600. The molecule has 0 atom stereocenters. The number of esters is 1. The zero-order chi connectivity index (χ0) is 8.27. The number of methoxy groups -OCH3 is 1. The van der Waals surface area contributed by atoms with Crippen LogP contribution in [0.15, 0.2) is 18.5 Å². The Kier molecular flexibility index (Phi) is 2.81. The van der Waals surface area contributed by atoms with Crippen LogP contribution in [0.3, 0.4) is 0 Å². The maximum Gasteiger partial charge on any atom is 0.339 e. The third-order valence-corrected chi connectivity index (χ3v) is 1.72. The molecule has 0 unspecified atom stereocenters. The summed E-state index contributed by atoms with van der Waals surface area (Å²) in [5, 5.41) is 0. The Labute approximate surface area is 77.9 Å². The van der Waals surface area contributed by atoms with E-state index in [1.54, 1.807) is 12.3 Å². The highest BCUT2D eigenvalue weighted by Crippen LogP contribution is 2.05. The van der Waals surface area contributed by atoms with Gasteiger partial charge in [-0.2, -0.15) is 0 Å². The number of carbonyl (C=O) groups is 1. The minimum atomic E-state index is -0.351. The van der Waals surface area contributed by atoms with Crippen LogP contribution in [-0.2, 0) is 4.74 Å². The van der Waals surface area contributed by atoms with Crippen molar-refractivity contribution < 1.29 is 9.53 Å². The molecular formula is C7H6INO2. The number of pyridine rings is 1. The highest BCUT2D eigenvalue weighted by Gasteiger charge is 2.04. The molecule has 0 saturated heterocycles. The molecule has 3 nitrogen and oxygen atoms in total. The highest BCUT2D eigenvalue weighted by molar-refractivity contribution is 14.1. The van der Waals surface area contributed by atoms with E-state index in [4.69, 9.17) is 0 Å². The zero-order valence-corrected chi connectivity index (χ0v) is 8.03. The lowest BCUT2D eigenvalue weighted by atomic mass is 10.3. The second-order valence-corrected chi connectivity index (χ2v) is 3.13. The van der Waals surface area contributed by atoms with E-state index in [2.05, 4.69) is 32.3 Å². The van der Waals surface area contributed by atoms with Crippen LogP contribution in [0, 0.1) is 3.57 Å². The van der Waals surface area contributed by atoms with Crippen LogP contribution in [0.25, 0.3) is 0 Å². The van der Waals surface area contributed by atoms with Gasteiger partial charge in [0.05, 0.1) is 12.7 Å². The molecule has 0 aliphatic rings. The first kappa shape index (κ1) is 8.45. The third kappa shape index (κ3) is 2.14. The lowest BCUT2D eigenvalue weighted by Gasteiger charge is -1.97. The van der Waals surface area contributed by atoms with Crippen molar-refractivity contribution in [2.45, 2.75) is 0 Å². The summed E-state index contributed by atoms with van der Waals surface area (Å²) in [6.45, 7) is 0. The average molecular weight is 263 g/mol. The van der Waals surface area contributed by atoms with Gasteiger partial charge in [-0.3, -0.25) is 4.98 Å². The molecule has 1 aromatic rings. The van der Waals surface area contributed by atoms with Gasteiger partial charge in [0.15, 0.2) is 0 Å². The fourth-order valence-electron chi connectivity index (χ4n) is 0.641. The summed E-state index contributed by atoms with van der Waals surface area (Å²) in [4.78, 5) is 14.7. The zero-order valence-electron chi connectivity index (χ0n) is 5.87. The number of ether oxygens (including phenoxy) is 1. The van der Waals surface area contributed by atoms with Crippen LogP contribution in [0.2, 0.25) is 0 Å². The van der Waals surface area contributed by atoms with Crippen molar-refractivity contribution in [2.75, 3.05) is 7.11 Å². The molecule has 11 heavy (non-hydrogen) atoms. The van der Waals surface area contributed by atoms with Crippen LogP contribution >= 0.6 is 22.6 Å². The topological polar surface area (TPSA) is 39.2 Å². The molecule has 0 amide bonds. The van der Waals surface area contributed by atoms with Gasteiger partial charge in [-0.05, 0) is 28.7 Å². The van der Waals surface area contributed by atoms with Gasteiger partial charge < -0.3 is 4.74 Å². The van der Waals surface area contributed by atoms with Gasteiger partial charge in [-0.1, -0.05) is 0 Å². The number of carbonyl (C=O) groups excluding carboxylic acids is 1. The van der Waals surface area contributed by atoms with E-state index in [0.717, 1.165) is 3.57 Å². The Hall–Kier alpha value is -0.650. The van der Waals surface area contributed by atoms with Crippen LogP contribution in [0.1, 0.15) is 10.4 Å². The fourth-order valence-corrected chi connectivity index (χ4v) is 1.14. The molecule has 0 radical (unpaired) electrons. The molecule has 1 heterocycles. The minimum absolute atomic E-state index is 0.351. The highest BCUT2D eigenvalue weighted by atomic mass is 127. The van der Waals surface area contributed by atoms with Gasteiger partial charge in [0, 0.05) is 16.0 Å². The largest absolute Gasteiger partial charge is 0.465 e. The van der Waals surface area contributed by atoms with Crippen LogP contribution in [-0.4, -0.2) is 18.1 Å². The molecule has 1 aromatic heterocycles. The van der Waals surface area contributed by atoms with Crippen LogP contribution < -0.4 is 0 Å². The van der Waals surface area contributed by atoms with Crippen LogP contribution in [0.5, 0.6) is 0 Å². The molecule has 0 aliphatic carbocycles. The first-order valence-corrected chi connectivity index (χ1v) is 4.01. The number of rotatable bonds is 1. The van der Waals surface area contributed by atoms with Crippen molar-refractivity contribution in [1.82, 2.24) is 4.98 Å². The van der Waals surface area contributed by atoms with E-state index < -0.39 is 0 Å². The summed E-state index contributed by atoms with van der Waals surface area (Å²) >= 11 is 2.08. The summed E-state index contributed by atoms with van der Waals surface area (Å²) in [5.41, 5.74) is 0.486. The van der Waals surface area contributed by atoms with E-state index in [1.165, 1.54) is 13.3 Å². The monoisotopic (exact) mass is 263 g/mol. The lowest BCUT2D eigenvalue weighted by Crippen LogP contribution is -2.01. The summed E-state index contributed by atoms with van der Waals surface area (Å²) in [6.07, 6.45) is 3.15. The molecule has 1 rings (SSSR count). The van der Waals surface area contributed by atoms with Gasteiger partial charge in [-0.25, -0.2) is 4.79 Å². The molecule has 0 spiro atoms. The van der Waals surface area contributed by atoms with E-state index in [1.807, 2.05) is 0 Å². The summed E-state index contributed by atoms with van der Waals surface area (Å²) < 4.78 is 5.43. The summed E-state index contributed by atoms with van der Waals surface area (Å²) in [7, 11) is 1.35. The Balaban J connectivity index is 2.96. The maximum atomic E-state index is 10.9. The summed E-state index contributed by atoms with van der Waals surface area (Å²) in [6, 6.07) is 1.72. The number of aromatic nitrogens is 1. The Morgan fingerprint density at radius 3 is 2.91 bits per heavy atom. The second kappa shape index (κ2) is 3.66. The Morgan fingerprint density at radius 2 is 2.36 bits per heavy atom. The number of hydrogen-bond acceptors (Lipinski definition) is 3. The normalized spacial score (nSPS) is 9.27. The average Bonchev–Trinajstić information content (AvgIpc) is 2.03. The van der Waals surface area contributed by atoms with Gasteiger partial charge >= 0.3 is 5.97 Å². The van der Waals surface area contributed by atoms with Crippen molar-refractivity contribution in [3.05, 3.63) is 27.6 Å². The van der Waals surface area contributed by atoms with Crippen molar-refractivity contribution in [2.24, 2.45) is 0 Å². The van der Waals surface area contributed by atoms with Crippen molar-refractivity contribution >= 4 is 28.6 Å². The van der Waals surface area contributed by atoms with Gasteiger partial charge in [-0.15, -0.1) is 0 Å². The molecule has 0 fully saturated rings. The van der Waals surface area contributed by atoms with E-state index >= 15 is 0 Å². The van der Waals surface area contributed by atoms with E-state index in [0.29, 0.717) is 5.56 Å². The third-order valence-electron chi connectivity index (χ3n) is 1.13. The molecule has 0 bridgehead atoms. The first-order chi connectivity index (χ1) is 5.24. The molecule has 58 valence electrons. The smallest absolute Gasteiger partial charge is 0.339 e. The number of hydrogen-bond donors (Lipinski definition) is 0. The van der Waals surface area contributed by atoms with Crippen molar-refractivity contribution in [3.8, 4) is 0 Å². The number of halogens is 1. The van der Waals surface area contributed by atoms with Gasteiger partial charge in [0.2, 0.25) is 0 Å². The molecule has 0 saturated carbocycles. The Bertz CT molecular complexity index is 275. The molecular weight excluding hydrogens is 257 g/mol. The van der Waals surface area contributed by atoms with E-state index in [9.17, 15) is 4.79 Å². The predicted octanol–water partition coefficient (Wildman–Crippen LogP) is 1.47. The van der Waals surface area contributed by atoms with Crippen LogP contribution in [0.4, 0.5) is 0 Å². The van der Waals surface area contributed by atoms with Crippen molar-refractivity contribution in [3.63, 3.8) is 0 Å².